The molecule has 0 aliphatic carbocycles. The number of thioether (sulfide) groups is 1. The van der Waals surface area contributed by atoms with E-state index in [2.05, 4.69) is 15.6 Å². The van der Waals surface area contributed by atoms with Gasteiger partial charge in [0.2, 0.25) is 5.91 Å². The number of amides is 2. The Hall–Kier alpha value is -4.47. The molecule has 7 nitrogen and oxygen atoms in total. The summed E-state index contributed by atoms with van der Waals surface area (Å²) >= 11 is 2.80. The van der Waals surface area contributed by atoms with Gasteiger partial charge in [-0.05, 0) is 54.1 Å². The predicted molar refractivity (Wildman–Crippen MR) is 151 cm³/mol. The number of carboxylic acids is 1. The molecule has 0 fully saturated rings. The van der Waals surface area contributed by atoms with Gasteiger partial charge >= 0.3 is 5.97 Å². The number of nitrogens with zero attached hydrogens (tertiary/aromatic N) is 1. The number of carbonyl (C=O) groups excluding carboxylic acids is 2. The molecule has 1 aromatic heterocycles. The SMILES string of the molecule is O=C(O)c1ccccc1C(=O)Nc1ccc(SC(C(=O)Nc2nc3ccccc3s2)c2ccccc2)cc1. The molecule has 0 bridgehead atoms. The summed E-state index contributed by atoms with van der Waals surface area (Å²) in [5, 5.41) is 15.1. The van der Waals surface area contributed by atoms with Gasteiger partial charge in [0.25, 0.3) is 5.91 Å². The van der Waals surface area contributed by atoms with Gasteiger partial charge in [-0.15, -0.1) is 11.8 Å². The zero-order valence-corrected chi connectivity index (χ0v) is 21.5. The smallest absolute Gasteiger partial charge is 0.336 e. The third-order valence-electron chi connectivity index (χ3n) is 5.63. The largest absolute Gasteiger partial charge is 0.478 e. The summed E-state index contributed by atoms with van der Waals surface area (Å²) in [4.78, 5) is 42.8. The van der Waals surface area contributed by atoms with Crippen LogP contribution in [0.25, 0.3) is 10.2 Å². The first-order chi connectivity index (χ1) is 18.5. The highest BCUT2D eigenvalue weighted by atomic mass is 32.2. The molecule has 5 rings (SSSR count). The Kier molecular flexibility index (Phi) is 7.48. The molecule has 0 radical (unpaired) electrons. The van der Waals surface area contributed by atoms with E-state index in [1.807, 2.05) is 66.7 Å². The van der Waals surface area contributed by atoms with Crippen molar-refractivity contribution in [2.75, 3.05) is 10.6 Å². The molecule has 188 valence electrons. The van der Waals surface area contributed by atoms with E-state index in [1.54, 1.807) is 24.3 Å². The van der Waals surface area contributed by atoms with Crippen molar-refractivity contribution in [3.05, 3.63) is 120 Å². The highest BCUT2D eigenvalue weighted by molar-refractivity contribution is 8.00. The lowest BCUT2D eigenvalue weighted by atomic mass is 10.1. The van der Waals surface area contributed by atoms with Crippen LogP contribution in [0.5, 0.6) is 0 Å². The lowest BCUT2D eigenvalue weighted by Gasteiger charge is -2.16. The minimum absolute atomic E-state index is 0.0676. The molecule has 38 heavy (non-hydrogen) atoms. The van der Waals surface area contributed by atoms with Gasteiger partial charge in [0.05, 0.1) is 21.3 Å². The molecule has 1 heterocycles. The summed E-state index contributed by atoms with van der Waals surface area (Å²) in [6.07, 6.45) is 0. The lowest BCUT2D eigenvalue weighted by Crippen LogP contribution is -2.19. The number of aromatic nitrogens is 1. The van der Waals surface area contributed by atoms with Crippen molar-refractivity contribution in [2.45, 2.75) is 10.1 Å². The monoisotopic (exact) mass is 539 g/mol. The first-order valence-electron chi connectivity index (χ1n) is 11.6. The van der Waals surface area contributed by atoms with E-state index < -0.39 is 17.1 Å². The van der Waals surface area contributed by atoms with Crippen LogP contribution < -0.4 is 10.6 Å². The fraction of sp³-hybridized carbons (Fsp3) is 0.0345. The summed E-state index contributed by atoms with van der Waals surface area (Å²) in [5.41, 5.74) is 2.20. The topological polar surface area (TPSA) is 108 Å². The van der Waals surface area contributed by atoms with Crippen molar-refractivity contribution in [1.82, 2.24) is 4.98 Å². The van der Waals surface area contributed by atoms with E-state index in [0.29, 0.717) is 10.8 Å². The van der Waals surface area contributed by atoms with Crippen LogP contribution in [0.1, 0.15) is 31.5 Å². The fourth-order valence-corrected chi connectivity index (χ4v) is 5.71. The molecule has 2 amide bonds. The standard InChI is InChI=1S/C29H21N3O4S2/c33-26(21-10-4-5-11-22(21)28(35)36)30-19-14-16-20(17-15-19)37-25(18-8-2-1-3-9-18)27(34)32-29-31-23-12-6-7-13-24(23)38-29/h1-17,25H,(H,30,33)(H,35,36)(H,31,32,34). The molecule has 1 unspecified atom stereocenters. The van der Waals surface area contributed by atoms with Crippen molar-refractivity contribution >= 4 is 61.9 Å². The highest BCUT2D eigenvalue weighted by Gasteiger charge is 2.23. The number of fused-ring (bicyclic) bond motifs is 1. The van der Waals surface area contributed by atoms with E-state index in [-0.39, 0.29) is 17.0 Å². The number of thiazole rings is 1. The molecule has 3 N–H and O–H groups in total. The molecule has 5 aromatic rings. The zero-order valence-electron chi connectivity index (χ0n) is 19.8. The van der Waals surface area contributed by atoms with Crippen LogP contribution in [0, 0.1) is 0 Å². The normalized spacial score (nSPS) is 11.6. The van der Waals surface area contributed by atoms with Gasteiger partial charge in [-0.1, -0.05) is 65.9 Å². The number of rotatable bonds is 8. The van der Waals surface area contributed by atoms with Gasteiger partial charge in [-0.3, -0.25) is 9.59 Å². The van der Waals surface area contributed by atoms with Gasteiger partial charge < -0.3 is 15.7 Å². The van der Waals surface area contributed by atoms with Gasteiger partial charge in [-0.25, -0.2) is 9.78 Å². The molecule has 0 aliphatic rings. The second-order valence-corrected chi connectivity index (χ2v) is 10.4. The van der Waals surface area contributed by atoms with Crippen molar-refractivity contribution in [3.8, 4) is 0 Å². The van der Waals surface area contributed by atoms with Crippen molar-refractivity contribution in [3.63, 3.8) is 0 Å². The number of hydrogen-bond donors (Lipinski definition) is 3. The average molecular weight is 540 g/mol. The van der Waals surface area contributed by atoms with Crippen LogP contribution in [0.2, 0.25) is 0 Å². The number of para-hydroxylation sites is 1. The zero-order chi connectivity index (χ0) is 26.5. The molecule has 0 saturated carbocycles. The van der Waals surface area contributed by atoms with E-state index in [4.69, 9.17) is 0 Å². The van der Waals surface area contributed by atoms with E-state index in [9.17, 15) is 19.5 Å². The summed E-state index contributed by atoms with van der Waals surface area (Å²) in [6.45, 7) is 0. The van der Waals surface area contributed by atoms with Gasteiger partial charge in [0.1, 0.15) is 5.25 Å². The first-order valence-corrected chi connectivity index (χ1v) is 13.3. The summed E-state index contributed by atoms with van der Waals surface area (Å²) < 4.78 is 0.996. The van der Waals surface area contributed by atoms with Crippen LogP contribution in [0.15, 0.2) is 108 Å². The summed E-state index contributed by atoms with van der Waals surface area (Å²) in [7, 11) is 0. The Balaban J connectivity index is 1.32. The minimum atomic E-state index is -1.17. The Morgan fingerprint density at radius 2 is 1.42 bits per heavy atom. The lowest BCUT2D eigenvalue weighted by molar-refractivity contribution is -0.115. The average Bonchev–Trinajstić information content (AvgIpc) is 3.35. The van der Waals surface area contributed by atoms with Crippen LogP contribution in [0.3, 0.4) is 0 Å². The fourth-order valence-electron chi connectivity index (χ4n) is 3.82. The molecular formula is C29H21N3O4S2. The van der Waals surface area contributed by atoms with E-state index in [0.717, 1.165) is 20.7 Å². The molecular weight excluding hydrogens is 518 g/mol. The van der Waals surface area contributed by atoms with Gasteiger partial charge in [0, 0.05) is 10.6 Å². The summed E-state index contributed by atoms with van der Waals surface area (Å²) in [6, 6.07) is 30.3. The summed E-state index contributed by atoms with van der Waals surface area (Å²) in [5.74, 6) is -1.87. The Morgan fingerprint density at radius 3 is 2.13 bits per heavy atom. The number of aromatic carboxylic acids is 1. The molecule has 4 aromatic carbocycles. The van der Waals surface area contributed by atoms with Crippen molar-refractivity contribution < 1.29 is 19.5 Å². The predicted octanol–water partition coefficient (Wildman–Crippen LogP) is 6.72. The quantitative estimate of drug-likeness (QED) is 0.189. The van der Waals surface area contributed by atoms with Crippen molar-refractivity contribution in [2.24, 2.45) is 0 Å². The second kappa shape index (κ2) is 11.3. The minimum Gasteiger partial charge on any atom is -0.478 e. The van der Waals surface area contributed by atoms with Gasteiger partial charge in [-0.2, -0.15) is 0 Å². The number of hydrogen-bond acceptors (Lipinski definition) is 6. The molecule has 0 aliphatic heterocycles. The van der Waals surface area contributed by atoms with E-state index in [1.165, 1.54) is 35.2 Å². The van der Waals surface area contributed by atoms with E-state index >= 15 is 0 Å². The number of anilines is 2. The number of carboxylic acid groups (broad SMARTS) is 1. The maximum Gasteiger partial charge on any atom is 0.336 e. The Morgan fingerprint density at radius 1 is 0.763 bits per heavy atom. The van der Waals surface area contributed by atoms with Crippen LogP contribution >= 0.6 is 23.1 Å². The maximum absolute atomic E-state index is 13.4. The highest BCUT2D eigenvalue weighted by Crippen LogP contribution is 2.37. The van der Waals surface area contributed by atoms with Crippen LogP contribution in [-0.4, -0.2) is 27.9 Å². The number of nitrogens with one attached hydrogen (secondary N) is 2. The maximum atomic E-state index is 13.4. The number of benzene rings is 4. The third kappa shape index (κ3) is 5.74. The van der Waals surface area contributed by atoms with Gasteiger partial charge in [0.15, 0.2) is 5.13 Å². The van der Waals surface area contributed by atoms with Crippen molar-refractivity contribution in [1.29, 1.82) is 0 Å². The molecule has 1 atom stereocenters. The third-order valence-corrected chi connectivity index (χ3v) is 7.85. The molecule has 9 heteroatoms. The van der Waals surface area contributed by atoms with Crippen LogP contribution in [0.4, 0.5) is 10.8 Å². The first kappa shape index (κ1) is 25.2. The second-order valence-electron chi connectivity index (χ2n) is 8.21. The number of carbonyl (C=O) groups is 3. The van der Waals surface area contributed by atoms with Crippen LogP contribution in [-0.2, 0) is 4.79 Å². The Bertz CT molecular complexity index is 1590. The molecule has 0 spiro atoms. The molecule has 0 saturated heterocycles. The Labute approximate surface area is 226 Å².